The lowest BCUT2D eigenvalue weighted by atomic mass is 10.1. The van der Waals surface area contributed by atoms with E-state index >= 15 is 0 Å². The number of aliphatic hydroxyl groups is 1. The van der Waals surface area contributed by atoms with E-state index in [0.29, 0.717) is 4.96 Å². The Bertz CT molecular complexity index is 642. The molecule has 3 rings (SSSR count). The van der Waals surface area contributed by atoms with Crippen LogP contribution < -0.4 is 5.56 Å². The number of nitrogens with zero attached hydrogens (tertiary/aromatic N) is 3. The maximum Gasteiger partial charge on any atom is 0.271 e. The van der Waals surface area contributed by atoms with Gasteiger partial charge >= 0.3 is 0 Å². The molecule has 0 spiro atoms. The van der Waals surface area contributed by atoms with Crippen LogP contribution in [0.2, 0.25) is 0 Å². The third-order valence-electron chi connectivity index (χ3n) is 2.72. The van der Waals surface area contributed by atoms with Gasteiger partial charge in [0.15, 0.2) is 4.96 Å². The molecule has 0 bridgehead atoms. The number of carbonyl (C=O) groups excluding carboxylic acids is 1. The highest BCUT2D eigenvalue weighted by atomic mass is 32.1. The van der Waals surface area contributed by atoms with Crippen molar-refractivity contribution in [1.29, 1.82) is 0 Å². The predicted molar refractivity (Wildman–Crippen MR) is 61.2 cm³/mol. The van der Waals surface area contributed by atoms with Gasteiger partial charge in [-0.15, -0.1) is 11.3 Å². The summed E-state index contributed by atoms with van der Waals surface area (Å²) in [5, 5.41) is 10.9. The van der Waals surface area contributed by atoms with Gasteiger partial charge in [-0.05, 0) is 0 Å². The van der Waals surface area contributed by atoms with Crippen LogP contribution in [-0.4, -0.2) is 44.5 Å². The molecule has 3 heterocycles. The van der Waals surface area contributed by atoms with Crippen LogP contribution in [-0.2, 0) is 0 Å². The van der Waals surface area contributed by atoms with Crippen LogP contribution in [0.4, 0.5) is 0 Å². The van der Waals surface area contributed by atoms with E-state index in [9.17, 15) is 9.59 Å². The van der Waals surface area contributed by atoms with Crippen molar-refractivity contribution < 1.29 is 9.90 Å². The Morgan fingerprint density at radius 1 is 1.53 bits per heavy atom. The van der Waals surface area contributed by atoms with Gasteiger partial charge in [0.2, 0.25) is 0 Å². The molecule has 1 aliphatic heterocycles. The summed E-state index contributed by atoms with van der Waals surface area (Å²) in [6.07, 6.45) is 2.43. The summed E-state index contributed by atoms with van der Waals surface area (Å²) in [4.78, 5) is 30.0. The second kappa shape index (κ2) is 3.64. The normalized spacial score (nSPS) is 16.2. The van der Waals surface area contributed by atoms with E-state index in [1.54, 1.807) is 11.6 Å². The lowest BCUT2D eigenvalue weighted by molar-refractivity contribution is 0.00573. The fraction of sp³-hybridized carbons (Fsp3) is 0.300. The first kappa shape index (κ1) is 10.4. The highest BCUT2D eigenvalue weighted by molar-refractivity contribution is 7.15. The fourth-order valence-electron chi connectivity index (χ4n) is 1.76. The molecule has 0 saturated carbocycles. The number of hydrogen-bond donors (Lipinski definition) is 1. The smallest absolute Gasteiger partial charge is 0.271 e. The lowest BCUT2D eigenvalue weighted by Gasteiger charge is -2.35. The van der Waals surface area contributed by atoms with Gasteiger partial charge in [0.25, 0.3) is 11.5 Å². The molecular formula is C10H9N3O3S. The van der Waals surface area contributed by atoms with Crippen molar-refractivity contribution in [1.82, 2.24) is 14.3 Å². The molecule has 1 saturated heterocycles. The number of carbonyl (C=O) groups is 1. The number of aliphatic hydroxyl groups excluding tert-OH is 1. The minimum atomic E-state index is -0.473. The van der Waals surface area contributed by atoms with Gasteiger partial charge in [-0.25, -0.2) is 4.98 Å². The molecule has 88 valence electrons. The molecule has 0 unspecified atom stereocenters. The topological polar surface area (TPSA) is 74.9 Å². The SMILES string of the molecule is O=C(c1cnc2sccn2c1=O)N1CC(O)C1. The first-order valence-electron chi connectivity index (χ1n) is 5.09. The summed E-state index contributed by atoms with van der Waals surface area (Å²) < 4.78 is 1.36. The molecule has 1 amide bonds. The summed E-state index contributed by atoms with van der Waals surface area (Å²) in [6, 6.07) is 0. The van der Waals surface area contributed by atoms with Crippen molar-refractivity contribution in [2.24, 2.45) is 0 Å². The van der Waals surface area contributed by atoms with E-state index < -0.39 is 6.10 Å². The summed E-state index contributed by atoms with van der Waals surface area (Å²) in [5.41, 5.74) is -0.310. The average molecular weight is 251 g/mol. The van der Waals surface area contributed by atoms with Crippen LogP contribution in [0.25, 0.3) is 4.96 Å². The number of fused-ring (bicyclic) bond motifs is 1. The number of thiazole rings is 1. The molecule has 0 aliphatic carbocycles. The Hall–Kier alpha value is -1.73. The number of aromatic nitrogens is 2. The Kier molecular flexibility index (Phi) is 2.23. The van der Waals surface area contributed by atoms with Crippen LogP contribution in [0, 0.1) is 0 Å². The van der Waals surface area contributed by atoms with Crippen LogP contribution in [0.3, 0.4) is 0 Å². The summed E-state index contributed by atoms with van der Waals surface area (Å²) in [7, 11) is 0. The molecule has 6 nitrogen and oxygen atoms in total. The van der Waals surface area contributed by atoms with Gasteiger partial charge in [-0.3, -0.25) is 14.0 Å². The third-order valence-corrected chi connectivity index (χ3v) is 3.49. The van der Waals surface area contributed by atoms with Crippen LogP contribution in [0.1, 0.15) is 10.4 Å². The van der Waals surface area contributed by atoms with Crippen molar-refractivity contribution in [2.45, 2.75) is 6.10 Å². The highest BCUT2D eigenvalue weighted by Crippen LogP contribution is 2.12. The monoisotopic (exact) mass is 251 g/mol. The third kappa shape index (κ3) is 1.55. The van der Waals surface area contributed by atoms with Crippen LogP contribution >= 0.6 is 11.3 Å². The number of hydrogen-bond acceptors (Lipinski definition) is 5. The second-order valence-corrected chi connectivity index (χ2v) is 4.77. The molecule has 1 aliphatic rings. The standard InChI is InChI=1S/C10H9N3O3S/c14-6-4-12(5-6)8(15)7-3-11-10-13(9(7)16)1-2-17-10/h1-3,6,14H,4-5H2. The Balaban J connectivity index is 2.03. The van der Waals surface area contributed by atoms with E-state index in [0.717, 1.165) is 0 Å². The number of likely N-dealkylation sites (tertiary alicyclic amines) is 1. The van der Waals surface area contributed by atoms with Crippen molar-refractivity contribution in [3.05, 3.63) is 33.7 Å². The molecule has 17 heavy (non-hydrogen) atoms. The lowest BCUT2D eigenvalue weighted by Crippen LogP contribution is -2.54. The van der Waals surface area contributed by atoms with E-state index in [2.05, 4.69) is 4.98 Å². The van der Waals surface area contributed by atoms with Crippen LogP contribution in [0.15, 0.2) is 22.6 Å². The maximum absolute atomic E-state index is 12.0. The molecule has 0 aromatic carbocycles. The molecule has 1 fully saturated rings. The largest absolute Gasteiger partial charge is 0.389 e. The van der Waals surface area contributed by atoms with Crippen molar-refractivity contribution in [3.8, 4) is 0 Å². The van der Waals surface area contributed by atoms with Gasteiger partial charge in [0.1, 0.15) is 5.56 Å². The van der Waals surface area contributed by atoms with E-state index in [1.165, 1.54) is 26.8 Å². The van der Waals surface area contributed by atoms with Crippen molar-refractivity contribution in [3.63, 3.8) is 0 Å². The average Bonchev–Trinajstić information content (AvgIpc) is 2.73. The minimum absolute atomic E-state index is 0.0489. The van der Waals surface area contributed by atoms with Gasteiger partial charge < -0.3 is 10.0 Å². The Morgan fingerprint density at radius 3 is 3.00 bits per heavy atom. The fourth-order valence-corrected chi connectivity index (χ4v) is 2.44. The van der Waals surface area contributed by atoms with Gasteiger partial charge in [0.05, 0.1) is 6.10 Å². The molecule has 2 aromatic heterocycles. The molecule has 2 aromatic rings. The van der Waals surface area contributed by atoms with E-state index in [-0.39, 0.29) is 30.1 Å². The van der Waals surface area contributed by atoms with Gasteiger partial charge in [0, 0.05) is 30.9 Å². The summed E-state index contributed by atoms with van der Waals surface area (Å²) >= 11 is 1.34. The van der Waals surface area contributed by atoms with Gasteiger partial charge in [-0.1, -0.05) is 0 Å². The van der Waals surface area contributed by atoms with E-state index in [4.69, 9.17) is 5.11 Å². The van der Waals surface area contributed by atoms with Crippen molar-refractivity contribution >= 4 is 22.2 Å². The predicted octanol–water partition coefficient (Wildman–Crippen LogP) is -0.427. The summed E-state index contributed by atoms with van der Waals surface area (Å²) in [6.45, 7) is 0.565. The maximum atomic E-state index is 12.0. The molecule has 0 radical (unpaired) electrons. The first-order chi connectivity index (χ1) is 8.16. The molecule has 7 heteroatoms. The second-order valence-electron chi connectivity index (χ2n) is 3.90. The molecular weight excluding hydrogens is 242 g/mol. The number of rotatable bonds is 1. The number of amides is 1. The van der Waals surface area contributed by atoms with Crippen LogP contribution in [0.5, 0.6) is 0 Å². The highest BCUT2D eigenvalue weighted by Gasteiger charge is 2.31. The molecule has 1 N–H and O–H groups in total. The zero-order valence-electron chi connectivity index (χ0n) is 8.74. The zero-order chi connectivity index (χ0) is 12.0. The van der Waals surface area contributed by atoms with Gasteiger partial charge in [-0.2, -0.15) is 0 Å². The first-order valence-corrected chi connectivity index (χ1v) is 5.97. The quantitative estimate of drug-likeness (QED) is 0.746. The minimum Gasteiger partial charge on any atom is -0.389 e. The molecule has 0 atom stereocenters. The zero-order valence-corrected chi connectivity index (χ0v) is 9.55. The summed E-state index contributed by atoms with van der Waals surface area (Å²) in [5.74, 6) is -0.367. The Labute approximate surface area is 99.8 Å². The Morgan fingerprint density at radius 2 is 2.29 bits per heavy atom. The van der Waals surface area contributed by atoms with E-state index in [1.807, 2.05) is 0 Å². The number of β-amino-alcohol motifs (C(OH)–C–C–N with tert-alkyl or cyclic N) is 1. The van der Waals surface area contributed by atoms with Crippen molar-refractivity contribution in [2.75, 3.05) is 13.1 Å².